The highest BCUT2D eigenvalue weighted by atomic mass is 16.6. The fourth-order valence-electron chi connectivity index (χ4n) is 2.25. The quantitative estimate of drug-likeness (QED) is 0.680. The molecule has 0 radical (unpaired) electrons. The Balaban J connectivity index is 1.64. The van der Waals surface area contributed by atoms with Crippen LogP contribution in [0.3, 0.4) is 0 Å². The lowest BCUT2D eigenvalue weighted by atomic mass is 9.82. The number of carbonyl (C=O) groups excluding carboxylic acids is 1. The number of rotatable bonds is 4. The molecule has 1 amide bonds. The van der Waals surface area contributed by atoms with Gasteiger partial charge in [-0.05, 0) is 25.8 Å². The molecule has 1 aliphatic carbocycles. The number of carbonyl (C=O) groups is 1. The van der Waals surface area contributed by atoms with Crippen molar-refractivity contribution in [2.24, 2.45) is 5.92 Å². The maximum atomic E-state index is 10.8. The molecule has 0 bridgehead atoms. The molecule has 1 atom stereocenters. The highest BCUT2D eigenvalue weighted by Crippen LogP contribution is 2.27. The zero-order valence-electron chi connectivity index (χ0n) is 8.98. The van der Waals surface area contributed by atoms with Gasteiger partial charge in [0.2, 0.25) is 0 Å². The molecule has 1 saturated carbocycles. The lowest BCUT2D eigenvalue weighted by Gasteiger charge is -2.34. The molecule has 0 aromatic rings. The molecule has 0 spiro atoms. The number of aliphatic hydroxyl groups excluding tert-OH is 1. The summed E-state index contributed by atoms with van der Waals surface area (Å²) < 4.78 is 5.05. The van der Waals surface area contributed by atoms with Crippen LogP contribution in [-0.2, 0) is 4.74 Å². The van der Waals surface area contributed by atoms with Crippen molar-refractivity contribution < 1.29 is 14.6 Å². The first-order valence-corrected chi connectivity index (χ1v) is 5.44. The molecule has 1 unspecified atom stereocenters. The number of amides is 1. The van der Waals surface area contributed by atoms with Gasteiger partial charge in [0, 0.05) is 13.1 Å². The third-order valence-electron chi connectivity index (χ3n) is 3.04. The Hall–Kier alpha value is -0.810. The smallest absolute Gasteiger partial charge is 0.407 e. The van der Waals surface area contributed by atoms with E-state index in [1.165, 1.54) is 0 Å². The fourth-order valence-corrected chi connectivity index (χ4v) is 2.25. The summed E-state index contributed by atoms with van der Waals surface area (Å²) in [5, 5.41) is 11.8. The normalized spacial score (nSPS) is 34.9. The summed E-state index contributed by atoms with van der Waals surface area (Å²) in [6.07, 6.45) is 1.40. The van der Waals surface area contributed by atoms with E-state index in [1.54, 1.807) is 0 Å². The third kappa shape index (κ3) is 2.82. The van der Waals surface area contributed by atoms with Crippen LogP contribution in [0, 0.1) is 5.92 Å². The highest BCUT2D eigenvalue weighted by molar-refractivity contribution is 5.69. The summed E-state index contributed by atoms with van der Waals surface area (Å²) >= 11 is 0. The Morgan fingerprint density at radius 1 is 1.53 bits per heavy atom. The van der Waals surface area contributed by atoms with Crippen LogP contribution in [0.4, 0.5) is 4.79 Å². The van der Waals surface area contributed by atoms with Gasteiger partial charge in [0.15, 0.2) is 0 Å². The minimum absolute atomic E-state index is 0.0208. The zero-order valence-corrected chi connectivity index (χ0v) is 8.98. The Kier molecular flexibility index (Phi) is 3.11. The molecule has 1 saturated heterocycles. The van der Waals surface area contributed by atoms with Crippen LogP contribution in [0.25, 0.3) is 0 Å². The summed E-state index contributed by atoms with van der Waals surface area (Å²) in [7, 11) is 2.02. The molecular formula is C10H18N2O3. The molecule has 1 aliphatic heterocycles. The lowest BCUT2D eigenvalue weighted by Crippen LogP contribution is -2.40. The minimum Gasteiger partial charge on any atom is -0.443 e. The highest BCUT2D eigenvalue weighted by Gasteiger charge is 2.29. The number of cyclic esters (lactones) is 1. The predicted molar refractivity (Wildman–Crippen MR) is 54.5 cm³/mol. The van der Waals surface area contributed by atoms with Crippen molar-refractivity contribution >= 4 is 6.09 Å². The van der Waals surface area contributed by atoms with Gasteiger partial charge < -0.3 is 20.1 Å². The largest absolute Gasteiger partial charge is 0.443 e. The van der Waals surface area contributed by atoms with E-state index >= 15 is 0 Å². The number of nitrogens with one attached hydrogen (secondary N) is 1. The molecular weight excluding hydrogens is 196 g/mol. The van der Waals surface area contributed by atoms with Crippen LogP contribution in [0.15, 0.2) is 0 Å². The molecule has 15 heavy (non-hydrogen) atoms. The van der Waals surface area contributed by atoms with Crippen LogP contribution in [-0.4, -0.2) is 55.0 Å². The SMILES string of the molecule is CN(CC1CC(O)C1)CC1CNC(=O)O1. The minimum atomic E-state index is -0.313. The Labute approximate surface area is 89.4 Å². The Bertz CT molecular complexity index is 241. The van der Waals surface area contributed by atoms with E-state index in [4.69, 9.17) is 9.84 Å². The van der Waals surface area contributed by atoms with Gasteiger partial charge >= 0.3 is 6.09 Å². The van der Waals surface area contributed by atoms with Gasteiger partial charge in [-0.3, -0.25) is 0 Å². The van der Waals surface area contributed by atoms with Gasteiger partial charge in [-0.2, -0.15) is 0 Å². The maximum Gasteiger partial charge on any atom is 0.407 e. The number of alkyl carbamates (subject to hydrolysis) is 1. The first-order chi connectivity index (χ1) is 7.13. The molecule has 5 heteroatoms. The lowest BCUT2D eigenvalue weighted by molar-refractivity contribution is 0.0227. The van der Waals surface area contributed by atoms with Crippen molar-refractivity contribution in [2.75, 3.05) is 26.7 Å². The summed E-state index contributed by atoms with van der Waals surface area (Å²) in [6.45, 7) is 2.35. The van der Waals surface area contributed by atoms with Crippen LogP contribution in [0.5, 0.6) is 0 Å². The van der Waals surface area contributed by atoms with Gasteiger partial charge in [-0.1, -0.05) is 0 Å². The number of ether oxygens (including phenoxy) is 1. The second-order valence-corrected chi connectivity index (χ2v) is 4.62. The van der Waals surface area contributed by atoms with Crippen LogP contribution in [0.2, 0.25) is 0 Å². The third-order valence-corrected chi connectivity index (χ3v) is 3.04. The standard InChI is InChI=1S/C10H18N2O3/c1-12(5-7-2-8(13)3-7)6-9-4-11-10(14)15-9/h7-9,13H,2-6H2,1H3,(H,11,14). The molecule has 0 aromatic carbocycles. The van der Waals surface area contributed by atoms with Crippen molar-refractivity contribution in [3.63, 3.8) is 0 Å². The number of aliphatic hydroxyl groups is 1. The summed E-state index contributed by atoms with van der Waals surface area (Å²) in [4.78, 5) is 13.0. The zero-order chi connectivity index (χ0) is 10.8. The molecule has 5 nitrogen and oxygen atoms in total. The summed E-state index contributed by atoms with van der Waals surface area (Å²) in [5.74, 6) is 0.607. The monoisotopic (exact) mass is 214 g/mol. The van der Waals surface area contributed by atoms with Crippen molar-refractivity contribution in [3.05, 3.63) is 0 Å². The van der Waals surface area contributed by atoms with Gasteiger partial charge in [0.1, 0.15) is 6.10 Å². The van der Waals surface area contributed by atoms with Crippen molar-refractivity contribution in [1.82, 2.24) is 10.2 Å². The number of nitrogens with zero attached hydrogens (tertiary/aromatic N) is 1. The molecule has 86 valence electrons. The van der Waals surface area contributed by atoms with Crippen LogP contribution in [0.1, 0.15) is 12.8 Å². The first-order valence-electron chi connectivity index (χ1n) is 5.44. The van der Waals surface area contributed by atoms with E-state index in [0.717, 1.165) is 25.9 Å². The second-order valence-electron chi connectivity index (χ2n) is 4.62. The van der Waals surface area contributed by atoms with Gasteiger partial charge in [-0.25, -0.2) is 4.79 Å². The Morgan fingerprint density at radius 2 is 2.27 bits per heavy atom. The summed E-state index contributed by atoms with van der Waals surface area (Å²) in [5.41, 5.74) is 0. The molecule has 2 rings (SSSR count). The topological polar surface area (TPSA) is 61.8 Å². The Morgan fingerprint density at radius 3 is 2.80 bits per heavy atom. The fraction of sp³-hybridized carbons (Fsp3) is 0.900. The average Bonchev–Trinajstić information content (AvgIpc) is 2.48. The summed E-state index contributed by atoms with van der Waals surface area (Å²) in [6, 6.07) is 0. The maximum absolute atomic E-state index is 10.8. The number of hydrogen-bond donors (Lipinski definition) is 2. The number of likely N-dealkylation sites (N-methyl/N-ethyl adjacent to an activating group) is 1. The van der Waals surface area contributed by atoms with E-state index in [0.29, 0.717) is 12.5 Å². The van der Waals surface area contributed by atoms with Gasteiger partial charge in [-0.15, -0.1) is 0 Å². The average molecular weight is 214 g/mol. The van der Waals surface area contributed by atoms with Crippen molar-refractivity contribution in [2.45, 2.75) is 25.0 Å². The molecule has 0 aromatic heterocycles. The molecule has 2 aliphatic rings. The van der Waals surface area contributed by atoms with Gasteiger partial charge in [0.25, 0.3) is 0 Å². The van der Waals surface area contributed by atoms with E-state index in [9.17, 15) is 4.79 Å². The van der Waals surface area contributed by atoms with Crippen molar-refractivity contribution in [1.29, 1.82) is 0 Å². The van der Waals surface area contributed by atoms with Crippen molar-refractivity contribution in [3.8, 4) is 0 Å². The number of hydrogen-bond acceptors (Lipinski definition) is 4. The van der Waals surface area contributed by atoms with E-state index in [1.807, 2.05) is 7.05 Å². The van der Waals surface area contributed by atoms with Gasteiger partial charge in [0.05, 0.1) is 12.6 Å². The second kappa shape index (κ2) is 4.37. The predicted octanol–water partition coefficient (Wildman–Crippen LogP) is -0.203. The molecule has 2 N–H and O–H groups in total. The van der Waals surface area contributed by atoms with Crippen LogP contribution < -0.4 is 5.32 Å². The van der Waals surface area contributed by atoms with E-state index in [-0.39, 0.29) is 18.3 Å². The van der Waals surface area contributed by atoms with Crippen LogP contribution >= 0.6 is 0 Å². The molecule has 2 fully saturated rings. The van der Waals surface area contributed by atoms with E-state index in [2.05, 4.69) is 10.2 Å². The van der Waals surface area contributed by atoms with E-state index < -0.39 is 0 Å². The first kappa shape index (κ1) is 10.7. The molecule has 1 heterocycles.